The molecule has 1 aromatic carbocycles. The number of carbonyl (C=O) groups excluding carboxylic acids is 1. The van der Waals surface area contributed by atoms with E-state index in [1.54, 1.807) is 24.3 Å². The molecule has 4 rings (SSSR count). The third-order valence-corrected chi connectivity index (χ3v) is 6.39. The van der Waals surface area contributed by atoms with Crippen LogP contribution in [0.15, 0.2) is 18.2 Å². The van der Waals surface area contributed by atoms with Crippen LogP contribution in [-0.2, 0) is 17.7 Å². The standard InChI is InChI=1S/C18H18FN3O2S2/c1-3-24-17(23)14-10-7-8-22(2)9-13(10)25-16(14)21-18-20-15-11(19)5-4-6-12(15)26-18/h4-6H,3,7-9H2,1-2H3,(H,20,21). The molecule has 0 aliphatic carbocycles. The molecule has 26 heavy (non-hydrogen) atoms. The van der Waals surface area contributed by atoms with Crippen LogP contribution in [0, 0.1) is 5.82 Å². The van der Waals surface area contributed by atoms with Gasteiger partial charge in [-0.15, -0.1) is 11.3 Å². The first kappa shape index (κ1) is 17.4. The monoisotopic (exact) mass is 391 g/mol. The molecular formula is C18H18FN3O2S2. The summed E-state index contributed by atoms with van der Waals surface area (Å²) in [5.74, 6) is -0.658. The van der Waals surface area contributed by atoms with Crippen molar-refractivity contribution in [1.29, 1.82) is 0 Å². The maximum absolute atomic E-state index is 13.9. The van der Waals surface area contributed by atoms with Crippen molar-refractivity contribution >= 4 is 49.0 Å². The number of para-hydroxylation sites is 1. The highest BCUT2D eigenvalue weighted by atomic mass is 32.1. The van der Waals surface area contributed by atoms with Crippen molar-refractivity contribution in [2.24, 2.45) is 0 Å². The molecule has 0 saturated carbocycles. The number of nitrogens with zero attached hydrogens (tertiary/aromatic N) is 2. The number of rotatable bonds is 4. The first-order valence-corrected chi connectivity index (χ1v) is 10.0. The summed E-state index contributed by atoms with van der Waals surface area (Å²) in [6.07, 6.45) is 0.812. The summed E-state index contributed by atoms with van der Waals surface area (Å²) >= 11 is 2.92. The molecule has 3 aromatic rings. The molecule has 0 spiro atoms. The molecule has 0 bridgehead atoms. The molecule has 0 saturated heterocycles. The zero-order valence-electron chi connectivity index (χ0n) is 14.5. The van der Waals surface area contributed by atoms with E-state index < -0.39 is 0 Å². The van der Waals surface area contributed by atoms with Crippen LogP contribution >= 0.6 is 22.7 Å². The van der Waals surface area contributed by atoms with E-state index in [4.69, 9.17) is 4.74 Å². The second-order valence-corrected chi connectivity index (χ2v) is 8.28. The molecule has 0 fully saturated rings. The van der Waals surface area contributed by atoms with E-state index in [0.29, 0.717) is 22.8 Å². The van der Waals surface area contributed by atoms with Crippen molar-refractivity contribution in [2.45, 2.75) is 19.9 Å². The molecule has 1 N–H and O–H groups in total. The molecule has 8 heteroatoms. The number of carbonyl (C=O) groups is 1. The lowest BCUT2D eigenvalue weighted by atomic mass is 10.0. The highest BCUT2D eigenvalue weighted by Gasteiger charge is 2.28. The van der Waals surface area contributed by atoms with E-state index in [1.165, 1.54) is 17.4 Å². The number of halogens is 1. The van der Waals surface area contributed by atoms with Gasteiger partial charge in [0, 0.05) is 18.0 Å². The van der Waals surface area contributed by atoms with Crippen LogP contribution in [-0.4, -0.2) is 36.1 Å². The second kappa shape index (κ2) is 6.94. The number of aromatic nitrogens is 1. The highest BCUT2D eigenvalue weighted by Crippen LogP contribution is 2.40. The predicted molar refractivity (Wildman–Crippen MR) is 103 cm³/mol. The molecule has 1 aliphatic heterocycles. The molecule has 2 aromatic heterocycles. The largest absolute Gasteiger partial charge is 0.462 e. The van der Waals surface area contributed by atoms with Gasteiger partial charge in [0.15, 0.2) is 5.13 Å². The molecule has 3 heterocycles. The number of ether oxygens (including phenoxy) is 1. The van der Waals surface area contributed by atoms with Gasteiger partial charge in [-0.1, -0.05) is 17.4 Å². The van der Waals surface area contributed by atoms with Gasteiger partial charge in [0.25, 0.3) is 0 Å². The van der Waals surface area contributed by atoms with Gasteiger partial charge in [-0.05, 0) is 38.1 Å². The fourth-order valence-corrected chi connectivity index (χ4v) is 5.37. The second-order valence-electron chi connectivity index (χ2n) is 6.15. The third-order valence-electron chi connectivity index (χ3n) is 4.32. The Bertz CT molecular complexity index is 982. The van der Waals surface area contributed by atoms with Crippen LogP contribution in [0.4, 0.5) is 14.5 Å². The van der Waals surface area contributed by atoms with Crippen LogP contribution < -0.4 is 5.32 Å². The van der Waals surface area contributed by atoms with Crippen molar-refractivity contribution in [2.75, 3.05) is 25.5 Å². The van der Waals surface area contributed by atoms with Gasteiger partial charge in [-0.2, -0.15) is 0 Å². The third kappa shape index (κ3) is 3.08. The fourth-order valence-electron chi connectivity index (χ4n) is 3.10. The molecule has 5 nitrogen and oxygen atoms in total. The van der Waals surface area contributed by atoms with Crippen molar-refractivity contribution < 1.29 is 13.9 Å². The predicted octanol–water partition coefficient (Wildman–Crippen LogP) is 4.41. The van der Waals surface area contributed by atoms with Crippen LogP contribution in [0.5, 0.6) is 0 Å². The Hall–Kier alpha value is -2.03. The summed E-state index contributed by atoms with van der Waals surface area (Å²) < 4.78 is 20.0. The number of benzene rings is 1. The Morgan fingerprint density at radius 3 is 3.04 bits per heavy atom. The molecule has 0 radical (unpaired) electrons. The number of fused-ring (bicyclic) bond motifs is 2. The lowest BCUT2D eigenvalue weighted by molar-refractivity contribution is 0.0526. The zero-order chi connectivity index (χ0) is 18.3. The first-order chi connectivity index (χ1) is 12.6. The number of thiophene rings is 1. The Morgan fingerprint density at radius 2 is 2.27 bits per heavy atom. The van der Waals surface area contributed by atoms with Gasteiger partial charge < -0.3 is 15.0 Å². The summed E-state index contributed by atoms with van der Waals surface area (Å²) in [6.45, 7) is 3.84. The van der Waals surface area contributed by atoms with Gasteiger partial charge in [0.1, 0.15) is 16.3 Å². The molecule has 0 amide bonds. The Labute approximate surface area is 158 Å². The van der Waals surface area contributed by atoms with E-state index in [-0.39, 0.29) is 11.8 Å². The van der Waals surface area contributed by atoms with Gasteiger partial charge in [-0.3, -0.25) is 0 Å². The average Bonchev–Trinajstić information content (AvgIpc) is 3.16. The number of likely N-dealkylation sites (N-methyl/N-ethyl adjacent to an activating group) is 1. The first-order valence-electron chi connectivity index (χ1n) is 8.39. The van der Waals surface area contributed by atoms with Gasteiger partial charge in [0.05, 0.1) is 16.9 Å². The molecule has 0 unspecified atom stereocenters. The number of esters is 1. The average molecular weight is 391 g/mol. The van der Waals surface area contributed by atoms with E-state index in [0.717, 1.165) is 39.7 Å². The van der Waals surface area contributed by atoms with Crippen LogP contribution in [0.3, 0.4) is 0 Å². The van der Waals surface area contributed by atoms with Crippen LogP contribution in [0.25, 0.3) is 10.2 Å². The van der Waals surface area contributed by atoms with Crippen molar-refractivity contribution in [3.63, 3.8) is 0 Å². The Morgan fingerprint density at radius 1 is 1.42 bits per heavy atom. The quantitative estimate of drug-likeness (QED) is 0.668. The topological polar surface area (TPSA) is 54.5 Å². The van der Waals surface area contributed by atoms with E-state index in [2.05, 4.69) is 22.2 Å². The van der Waals surface area contributed by atoms with E-state index in [9.17, 15) is 9.18 Å². The Kier molecular flexibility index (Phi) is 4.64. The van der Waals surface area contributed by atoms with Crippen LogP contribution in [0.1, 0.15) is 27.7 Å². The number of hydrogen-bond acceptors (Lipinski definition) is 7. The highest BCUT2D eigenvalue weighted by molar-refractivity contribution is 7.23. The summed E-state index contributed by atoms with van der Waals surface area (Å²) in [5, 5.41) is 4.54. The van der Waals surface area contributed by atoms with Gasteiger partial charge >= 0.3 is 5.97 Å². The number of thiazole rings is 1. The summed E-state index contributed by atoms with van der Waals surface area (Å²) in [5.41, 5.74) is 2.00. The summed E-state index contributed by atoms with van der Waals surface area (Å²) in [4.78, 5) is 20.3. The van der Waals surface area contributed by atoms with Gasteiger partial charge in [0.2, 0.25) is 0 Å². The van der Waals surface area contributed by atoms with Crippen LogP contribution in [0.2, 0.25) is 0 Å². The lowest BCUT2D eigenvalue weighted by Crippen LogP contribution is -2.26. The molecule has 0 atom stereocenters. The minimum absolute atomic E-state index is 0.315. The normalized spacial score (nSPS) is 14.4. The van der Waals surface area contributed by atoms with Crippen molar-refractivity contribution in [3.8, 4) is 0 Å². The minimum Gasteiger partial charge on any atom is -0.462 e. The van der Waals surface area contributed by atoms with Gasteiger partial charge in [-0.25, -0.2) is 14.2 Å². The van der Waals surface area contributed by atoms with E-state index >= 15 is 0 Å². The fraction of sp³-hybridized carbons (Fsp3) is 0.333. The molecular weight excluding hydrogens is 373 g/mol. The molecule has 1 aliphatic rings. The minimum atomic E-state index is -0.343. The zero-order valence-corrected chi connectivity index (χ0v) is 16.1. The number of nitrogens with one attached hydrogen (secondary N) is 1. The molecule has 136 valence electrons. The van der Waals surface area contributed by atoms with E-state index in [1.807, 2.05) is 6.07 Å². The summed E-state index contributed by atoms with van der Waals surface area (Å²) in [7, 11) is 2.07. The van der Waals surface area contributed by atoms with Crippen molar-refractivity contribution in [3.05, 3.63) is 40.0 Å². The van der Waals surface area contributed by atoms with Crippen molar-refractivity contribution in [1.82, 2.24) is 9.88 Å². The Balaban J connectivity index is 1.74. The smallest absolute Gasteiger partial charge is 0.341 e. The maximum Gasteiger partial charge on any atom is 0.341 e. The number of anilines is 2. The summed E-state index contributed by atoms with van der Waals surface area (Å²) in [6, 6.07) is 4.90. The maximum atomic E-state index is 13.9. The lowest BCUT2D eigenvalue weighted by Gasteiger charge is -2.22. The SMILES string of the molecule is CCOC(=O)c1c(Nc2nc3c(F)cccc3s2)sc2c1CCN(C)C2. The number of hydrogen-bond donors (Lipinski definition) is 1.